The highest BCUT2D eigenvalue weighted by Crippen LogP contribution is 2.28. The summed E-state index contributed by atoms with van der Waals surface area (Å²) >= 11 is 0. The Morgan fingerprint density at radius 2 is 1.93 bits per heavy atom. The van der Waals surface area contributed by atoms with Gasteiger partial charge in [0, 0.05) is 30.3 Å². The zero-order chi connectivity index (χ0) is 31.2. The molecule has 6 rings (SSSR count). The van der Waals surface area contributed by atoms with Crippen LogP contribution in [0.5, 0.6) is 11.6 Å². The van der Waals surface area contributed by atoms with Gasteiger partial charge in [0.15, 0.2) is 0 Å². The summed E-state index contributed by atoms with van der Waals surface area (Å²) in [6.45, 7) is 11.1. The number of carbonyl (C=O) groups is 1. The molecule has 1 unspecified atom stereocenters. The van der Waals surface area contributed by atoms with Crippen molar-refractivity contribution in [2.24, 2.45) is 5.92 Å². The normalized spacial score (nSPS) is 16.0. The molecule has 45 heavy (non-hydrogen) atoms. The van der Waals surface area contributed by atoms with Crippen molar-refractivity contribution in [2.75, 3.05) is 38.2 Å². The SMILES string of the molecule is CCOc1cccc(Cn2nc(C)c3c(NC(=O)c4cnc5cc(OCCN6CCCCC(CC)CC6)ccn45)cccc32)n1. The van der Waals surface area contributed by atoms with E-state index in [0.717, 1.165) is 53.6 Å². The third-order valence-corrected chi connectivity index (χ3v) is 8.75. The lowest BCUT2D eigenvalue weighted by molar-refractivity contribution is 0.102. The molecule has 1 amide bonds. The van der Waals surface area contributed by atoms with Crippen molar-refractivity contribution in [1.82, 2.24) is 29.0 Å². The molecule has 0 bridgehead atoms. The highest BCUT2D eigenvalue weighted by molar-refractivity contribution is 6.08. The summed E-state index contributed by atoms with van der Waals surface area (Å²) in [6.07, 6.45) is 9.96. The third-order valence-electron chi connectivity index (χ3n) is 8.75. The molecule has 4 aromatic heterocycles. The monoisotopic (exact) mass is 609 g/mol. The fourth-order valence-electron chi connectivity index (χ4n) is 6.29. The topological polar surface area (TPSA) is 98.8 Å². The number of rotatable bonds is 11. The molecule has 5 aromatic rings. The minimum atomic E-state index is -0.246. The van der Waals surface area contributed by atoms with Gasteiger partial charge >= 0.3 is 0 Å². The van der Waals surface area contributed by atoms with E-state index in [1.807, 2.05) is 73.3 Å². The van der Waals surface area contributed by atoms with Gasteiger partial charge in [-0.05, 0) is 70.0 Å². The van der Waals surface area contributed by atoms with Crippen LogP contribution in [0.3, 0.4) is 0 Å². The first-order valence-corrected chi connectivity index (χ1v) is 16.2. The number of anilines is 1. The van der Waals surface area contributed by atoms with E-state index in [9.17, 15) is 4.79 Å². The van der Waals surface area contributed by atoms with Crippen molar-refractivity contribution in [3.63, 3.8) is 0 Å². The summed E-state index contributed by atoms with van der Waals surface area (Å²) < 4.78 is 15.4. The maximum atomic E-state index is 13.5. The van der Waals surface area contributed by atoms with Crippen LogP contribution in [-0.2, 0) is 6.54 Å². The van der Waals surface area contributed by atoms with E-state index in [1.165, 1.54) is 32.1 Å². The second kappa shape index (κ2) is 14.1. The van der Waals surface area contributed by atoms with Gasteiger partial charge in [0.2, 0.25) is 5.88 Å². The number of likely N-dealkylation sites (tertiary alicyclic amines) is 1. The summed E-state index contributed by atoms with van der Waals surface area (Å²) in [6, 6.07) is 15.3. The second-order valence-corrected chi connectivity index (χ2v) is 11.8. The predicted octanol–water partition coefficient (Wildman–Crippen LogP) is 6.37. The van der Waals surface area contributed by atoms with Gasteiger partial charge in [-0.1, -0.05) is 38.3 Å². The number of pyridine rings is 2. The number of benzene rings is 1. The van der Waals surface area contributed by atoms with E-state index in [-0.39, 0.29) is 5.91 Å². The number of aromatic nitrogens is 5. The average molecular weight is 610 g/mol. The molecule has 236 valence electrons. The molecule has 1 aromatic carbocycles. The molecular weight excluding hydrogens is 566 g/mol. The van der Waals surface area contributed by atoms with Crippen molar-refractivity contribution in [3.8, 4) is 11.6 Å². The number of amides is 1. The fourth-order valence-corrected chi connectivity index (χ4v) is 6.29. The Morgan fingerprint density at radius 1 is 1.04 bits per heavy atom. The summed E-state index contributed by atoms with van der Waals surface area (Å²) in [5.41, 5.74) is 4.38. The van der Waals surface area contributed by atoms with Crippen LogP contribution in [0.4, 0.5) is 5.69 Å². The van der Waals surface area contributed by atoms with Crippen LogP contribution in [0.2, 0.25) is 0 Å². The Hall–Kier alpha value is -4.44. The Kier molecular flexibility index (Phi) is 9.59. The number of ether oxygens (including phenoxy) is 2. The Labute approximate surface area is 264 Å². The van der Waals surface area contributed by atoms with Gasteiger partial charge in [-0.25, -0.2) is 9.97 Å². The minimum absolute atomic E-state index is 0.246. The molecule has 0 spiro atoms. The quantitative estimate of drug-likeness (QED) is 0.186. The van der Waals surface area contributed by atoms with Crippen molar-refractivity contribution < 1.29 is 14.3 Å². The molecule has 1 atom stereocenters. The van der Waals surface area contributed by atoms with Gasteiger partial charge in [0.05, 0.1) is 41.9 Å². The average Bonchev–Trinajstić information content (AvgIpc) is 3.59. The maximum Gasteiger partial charge on any atom is 0.274 e. The Morgan fingerprint density at radius 3 is 2.80 bits per heavy atom. The fraction of sp³-hybridized carbons (Fsp3) is 0.429. The number of fused-ring (bicyclic) bond motifs is 2. The van der Waals surface area contributed by atoms with Gasteiger partial charge in [-0.2, -0.15) is 5.10 Å². The van der Waals surface area contributed by atoms with Crippen LogP contribution in [0.15, 0.2) is 60.9 Å². The van der Waals surface area contributed by atoms with Crippen LogP contribution < -0.4 is 14.8 Å². The summed E-state index contributed by atoms with van der Waals surface area (Å²) in [4.78, 5) is 25.1. The number of hydrogen-bond acceptors (Lipinski definition) is 7. The molecule has 1 aliphatic heterocycles. The zero-order valence-electron chi connectivity index (χ0n) is 26.5. The largest absolute Gasteiger partial charge is 0.492 e. The third kappa shape index (κ3) is 7.12. The van der Waals surface area contributed by atoms with Gasteiger partial charge in [-0.3, -0.25) is 18.8 Å². The van der Waals surface area contributed by atoms with Crippen LogP contribution in [0, 0.1) is 12.8 Å². The Balaban J connectivity index is 1.12. The van der Waals surface area contributed by atoms with E-state index < -0.39 is 0 Å². The smallest absolute Gasteiger partial charge is 0.274 e. The van der Waals surface area contributed by atoms with E-state index in [4.69, 9.17) is 14.6 Å². The molecular formula is C35H43N7O3. The molecule has 1 N–H and O–H groups in total. The van der Waals surface area contributed by atoms with Crippen LogP contribution in [0.1, 0.15) is 67.8 Å². The summed E-state index contributed by atoms with van der Waals surface area (Å²) in [5, 5.41) is 8.76. The molecule has 1 saturated heterocycles. The first-order chi connectivity index (χ1) is 22.0. The number of nitrogens with zero attached hydrogens (tertiary/aromatic N) is 6. The minimum Gasteiger partial charge on any atom is -0.492 e. The zero-order valence-corrected chi connectivity index (χ0v) is 26.5. The standard InChI is InChI=1S/C35H43N7O3/c1-4-26-10-6-7-17-40(18-15-26)20-21-45-28-16-19-41-31(23-36-32(41)22-28)35(43)38-29-12-9-13-30-34(29)25(3)39-42(30)24-27-11-8-14-33(37-27)44-5-2/h8-9,11-14,16,19,22-23,26H,4-7,10,15,17-18,20-21,24H2,1-3H3,(H,38,43). The number of carbonyl (C=O) groups excluding carboxylic acids is 1. The van der Waals surface area contributed by atoms with Crippen molar-refractivity contribution >= 4 is 28.1 Å². The molecule has 5 heterocycles. The van der Waals surface area contributed by atoms with Gasteiger partial charge in [0.1, 0.15) is 23.7 Å². The maximum absolute atomic E-state index is 13.5. The number of nitrogens with one attached hydrogen (secondary N) is 1. The molecule has 10 heteroatoms. The highest BCUT2D eigenvalue weighted by Gasteiger charge is 2.18. The Bertz CT molecular complexity index is 1760. The van der Waals surface area contributed by atoms with Gasteiger partial charge in [0.25, 0.3) is 5.91 Å². The predicted molar refractivity (Wildman–Crippen MR) is 176 cm³/mol. The molecule has 10 nitrogen and oxygen atoms in total. The van der Waals surface area contributed by atoms with Gasteiger partial charge < -0.3 is 14.8 Å². The lowest BCUT2D eigenvalue weighted by Gasteiger charge is -2.27. The summed E-state index contributed by atoms with van der Waals surface area (Å²) in [7, 11) is 0. The van der Waals surface area contributed by atoms with E-state index in [0.29, 0.717) is 42.7 Å². The highest BCUT2D eigenvalue weighted by atomic mass is 16.5. The number of hydrogen-bond donors (Lipinski definition) is 1. The van der Waals surface area contributed by atoms with Crippen molar-refractivity contribution in [1.29, 1.82) is 0 Å². The van der Waals surface area contributed by atoms with Crippen molar-refractivity contribution in [3.05, 3.63) is 78.0 Å². The number of imidazole rings is 1. The molecule has 1 fully saturated rings. The second-order valence-electron chi connectivity index (χ2n) is 11.8. The van der Waals surface area contributed by atoms with Crippen LogP contribution in [-0.4, -0.2) is 67.8 Å². The molecule has 0 aliphatic carbocycles. The van der Waals surface area contributed by atoms with Gasteiger partial charge in [-0.15, -0.1) is 0 Å². The van der Waals surface area contributed by atoms with Crippen LogP contribution in [0.25, 0.3) is 16.6 Å². The molecule has 0 radical (unpaired) electrons. The summed E-state index contributed by atoms with van der Waals surface area (Å²) in [5.74, 6) is 1.96. The first-order valence-electron chi connectivity index (χ1n) is 16.2. The van der Waals surface area contributed by atoms with E-state index >= 15 is 0 Å². The van der Waals surface area contributed by atoms with Crippen LogP contribution >= 0.6 is 0 Å². The van der Waals surface area contributed by atoms with Crippen molar-refractivity contribution in [2.45, 2.75) is 59.4 Å². The molecule has 1 aliphatic rings. The first kappa shape index (κ1) is 30.6. The number of aryl methyl sites for hydroxylation is 1. The lowest BCUT2D eigenvalue weighted by atomic mass is 9.94. The van der Waals surface area contributed by atoms with E-state index in [2.05, 4.69) is 27.1 Å². The molecule has 0 saturated carbocycles. The lowest BCUT2D eigenvalue weighted by Crippen LogP contribution is -2.32. The van der Waals surface area contributed by atoms with E-state index in [1.54, 1.807) is 10.6 Å².